The van der Waals surface area contributed by atoms with E-state index in [1.807, 2.05) is 17.5 Å². The van der Waals surface area contributed by atoms with Gasteiger partial charge < -0.3 is 9.52 Å². The maximum Gasteiger partial charge on any atom is 0.323 e. The lowest BCUT2D eigenvalue weighted by Crippen LogP contribution is -2.47. The predicted molar refractivity (Wildman–Crippen MR) is 70.8 cm³/mol. The molecule has 0 aliphatic carbocycles. The maximum atomic E-state index is 11.1. The molecule has 19 heavy (non-hydrogen) atoms. The van der Waals surface area contributed by atoms with Crippen LogP contribution in [0.4, 0.5) is 0 Å². The average Bonchev–Trinajstić information content (AvgIpc) is 2.97. The molecule has 6 nitrogen and oxygen atoms in total. The van der Waals surface area contributed by atoms with Crippen molar-refractivity contribution in [2.24, 2.45) is 0 Å². The summed E-state index contributed by atoms with van der Waals surface area (Å²) in [6.45, 7) is 3.55. The molecule has 0 spiro atoms. The van der Waals surface area contributed by atoms with E-state index in [1.54, 1.807) is 25.8 Å². The number of thiophene rings is 1. The summed E-state index contributed by atoms with van der Waals surface area (Å²) in [5, 5.41) is 19.0. The van der Waals surface area contributed by atoms with Gasteiger partial charge in [-0.05, 0) is 32.3 Å². The highest BCUT2D eigenvalue weighted by Gasteiger charge is 2.32. The number of nitrogens with zero attached hydrogens (tertiary/aromatic N) is 3. The zero-order valence-electron chi connectivity index (χ0n) is 11.0. The number of likely N-dealkylation sites (N-methyl/N-ethyl adjacent to an activating group) is 1. The first kappa shape index (κ1) is 13.7. The van der Waals surface area contributed by atoms with Crippen LogP contribution in [0.15, 0.2) is 21.9 Å². The van der Waals surface area contributed by atoms with E-state index >= 15 is 0 Å². The Labute approximate surface area is 114 Å². The summed E-state index contributed by atoms with van der Waals surface area (Å²) in [5.74, 6) is -0.0280. The highest BCUT2D eigenvalue weighted by molar-refractivity contribution is 7.13. The van der Waals surface area contributed by atoms with Crippen LogP contribution < -0.4 is 0 Å². The number of rotatable bonds is 5. The van der Waals surface area contributed by atoms with Crippen LogP contribution in [0.3, 0.4) is 0 Å². The van der Waals surface area contributed by atoms with Crippen molar-refractivity contribution in [2.75, 3.05) is 7.05 Å². The molecule has 0 radical (unpaired) electrons. The molecule has 0 saturated carbocycles. The van der Waals surface area contributed by atoms with Crippen molar-refractivity contribution in [1.82, 2.24) is 15.1 Å². The third-order valence-electron chi connectivity index (χ3n) is 3.05. The molecule has 0 aliphatic rings. The van der Waals surface area contributed by atoms with Gasteiger partial charge in [0.1, 0.15) is 5.54 Å². The number of aliphatic carboxylic acids is 1. The summed E-state index contributed by atoms with van der Waals surface area (Å²) in [6, 6.07) is 3.80. The standard InChI is InChI=1S/C12H15N3O3S/c1-12(2,11(16)17)15(3)7-9-13-14-10(18-9)8-5-4-6-19-8/h4-6H,7H2,1-3H3,(H,16,17). The second-order valence-corrected chi connectivity index (χ2v) is 5.65. The number of carboxylic acid groups (broad SMARTS) is 1. The summed E-state index contributed by atoms with van der Waals surface area (Å²) in [7, 11) is 1.71. The first-order valence-corrected chi connectivity index (χ1v) is 6.60. The van der Waals surface area contributed by atoms with Gasteiger partial charge in [0.25, 0.3) is 5.89 Å². The second-order valence-electron chi connectivity index (χ2n) is 4.70. The van der Waals surface area contributed by atoms with Gasteiger partial charge in [0.15, 0.2) is 0 Å². The van der Waals surface area contributed by atoms with E-state index in [-0.39, 0.29) is 6.54 Å². The lowest BCUT2D eigenvalue weighted by Gasteiger charge is -2.29. The Morgan fingerprint density at radius 1 is 1.53 bits per heavy atom. The van der Waals surface area contributed by atoms with Crippen LogP contribution in [0, 0.1) is 0 Å². The van der Waals surface area contributed by atoms with Crippen molar-refractivity contribution in [1.29, 1.82) is 0 Å². The highest BCUT2D eigenvalue weighted by atomic mass is 32.1. The van der Waals surface area contributed by atoms with Crippen molar-refractivity contribution in [3.8, 4) is 10.8 Å². The number of aromatic nitrogens is 2. The lowest BCUT2D eigenvalue weighted by molar-refractivity contribution is -0.149. The largest absolute Gasteiger partial charge is 0.480 e. The lowest BCUT2D eigenvalue weighted by atomic mass is 10.0. The zero-order valence-corrected chi connectivity index (χ0v) is 11.8. The van der Waals surface area contributed by atoms with E-state index in [1.165, 1.54) is 11.3 Å². The van der Waals surface area contributed by atoms with Crippen LogP contribution >= 0.6 is 11.3 Å². The van der Waals surface area contributed by atoms with Crippen molar-refractivity contribution in [2.45, 2.75) is 25.9 Å². The third kappa shape index (κ3) is 2.82. The van der Waals surface area contributed by atoms with Crippen molar-refractivity contribution >= 4 is 17.3 Å². The minimum atomic E-state index is -0.989. The fraction of sp³-hybridized carbons (Fsp3) is 0.417. The summed E-state index contributed by atoms with van der Waals surface area (Å²) < 4.78 is 5.53. The number of carboxylic acids is 1. The van der Waals surface area contributed by atoms with Crippen LogP contribution in [-0.2, 0) is 11.3 Å². The molecule has 0 bridgehead atoms. The SMILES string of the molecule is CN(Cc1nnc(-c2cccs2)o1)C(C)(C)C(=O)O. The van der Waals surface area contributed by atoms with Gasteiger partial charge in [0.05, 0.1) is 11.4 Å². The Kier molecular flexibility index (Phi) is 3.68. The molecule has 2 heterocycles. The minimum Gasteiger partial charge on any atom is -0.480 e. The molecule has 0 saturated heterocycles. The van der Waals surface area contributed by atoms with Crippen molar-refractivity contribution in [3.05, 3.63) is 23.4 Å². The fourth-order valence-electron chi connectivity index (χ4n) is 1.38. The van der Waals surface area contributed by atoms with Crippen molar-refractivity contribution in [3.63, 3.8) is 0 Å². The van der Waals surface area contributed by atoms with Gasteiger partial charge in [0.2, 0.25) is 5.89 Å². The summed E-state index contributed by atoms with van der Waals surface area (Å²) in [4.78, 5) is 13.7. The Balaban J connectivity index is 2.11. The Morgan fingerprint density at radius 3 is 2.84 bits per heavy atom. The molecule has 0 fully saturated rings. The first-order chi connectivity index (χ1) is 8.91. The average molecular weight is 281 g/mol. The minimum absolute atomic E-state index is 0.289. The van der Waals surface area contributed by atoms with Crippen molar-refractivity contribution < 1.29 is 14.3 Å². The van der Waals surface area contributed by atoms with E-state index in [0.717, 1.165) is 4.88 Å². The number of hydrogen-bond donors (Lipinski definition) is 1. The topological polar surface area (TPSA) is 79.5 Å². The molecule has 1 N–H and O–H groups in total. The monoisotopic (exact) mass is 281 g/mol. The molecule has 0 amide bonds. The molecule has 0 aromatic carbocycles. The summed E-state index contributed by atoms with van der Waals surface area (Å²) in [5.41, 5.74) is -0.989. The van der Waals surface area contributed by atoms with Crippen LogP contribution in [-0.4, -0.2) is 38.8 Å². The van der Waals surface area contributed by atoms with Crippen LogP contribution in [0.5, 0.6) is 0 Å². The Hall–Kier alpha value is -1.73. The molecule has 2 aromatic heterocycles. The fourth-order valence-corrected chi connectivity index (χ4v) is 2.03. The van der Waals surface area contributed by atoms with Gasteiger partial charge in [0, 0.05) is 0 Å². The molecule has 0 atom stereocenters. The molecular formula is C12H15N3O3S. The molecule has 102 valence electrons. The molecule has 2 rings (SSSR count). The summed E-state index contributed by atoms with van der Waals surface area (Å²) in [6.07, 6.45) is 0. The van der Waals surface area contributed by atoms with Crippen LogP contribution in [0.25, 0.3) is 10.8 Å². The third-order valence-corrected chi connectivity index (χ3v) is 3.91. The maximum absolute atomic E-state index is 11.1. The summed E-state index contributed by atoms with van der Waals surface area (Å²) >= 11 is 1.51. The van der Waals surface area contributed by atoms with E-state index in [2.05, 4.69) is 10.2 Å². The molecule has 0 unspecified atom stereocenters. The molecule has 0 aliphatic heterocycles. The van der Waals surface area contributed by atoms with Gasteiger partial charge in [-0.15, -0.1) is 21.5 Å². The number of carbonyl (C=O) groups is 1. The molecular weight excluding hydrogens is 266 g/mol. The normalized spacial score (nSPS) is 12.0. The van der Waals surface area contributed by atoms with Gasteiger partial charge in [-0.3, -0.25) is 9.69 Å². The highest BCUT2D eigenvalue weighted by Crippen LogP contribution is 2.24. The Morgan fingerprint density at radius 2 is 2.26 bits per heavy atom. The van der Waals surface area contributed by atoms with Gasteiger partial charge in [-0.1, -0.05) is 6.07 Å². The number of hydrogen-bond acceptors (Lipinski definition) is 6. The van der Waals surface area contributed by atoms with E-state index in [4.69, 9.17) is 9.52 Å². The van der Waals surface area contributed by atoms with Gasteiger partial charge in [-0.2, -0.15) is 0 Å². The van der Waals surface area contributed by atoms with E-state index in [9.17, 15) is 4.79 Å². The van der Waals surface area contributed by atoms with Gasteiger partial charge in [-0.25, -0.2) is 0 Å². The smallest absolute Gasteiger partial charge is 0.323 e. The van der Waals surface area contributed by atoms with Crippen LogP contribution in [0.1, 0.15) is 19.7 Å². The van der Waals surface area contributed by atoms with E-state index in [0.29, 0.717) is 11.8 Å². The first-order valence-electron chi connectivity index (χ1n) is 5.72. The second kappa shape index (κ2) is 5.10. The zero-order chi connectivity index (χ0) is 14.0. The predicted octanol–water partition coefficient (Wildman–Crippen LogP) is 2.09. The van der Waals surface area contributed by atoms with Gasteiger partial charge >= 0.3 is 5.97 Å². The molecule has 7 heteroatoms. The molecule has 2 aromatic rings. The van der Waals surface area contributed by atoms with Crippen LogP contribution in [0.2, 0.25) is 0 Å². The quantitative estimate of drug-likeness (QED) is 0.904. The van der Waals surface area contributed by atoms with E-state index < -0.39 is 11.5 Å². The Bertz CT molecular complexity index is 563.